The van der Waals surface area contributed by atoms with Gasteiger partial charge in [0.2, 0.25) is 0 Å². The Morgan fingerprint density at radius 3 is 2.86 bits per heavy atom. The molecule has 0 aliphatic carbocycles. The molecule has 0 amide bonds. The van der Waals surface area contributed by atoms with Crippen molar-refractivity contribution >= 4 is 32.5 Å². The first-order valence-electron chi connectivity index (χ1n) is 6.01. The zero-order valence-corrected chi connectivity index (χ0v) is 12.4. The Balaban J connectivity index is 2.16. The minimum atomic E-state index is -0.885. The van der Waals surface area contributed by atoms with Gasteiger partial charge in [-0.15, -0.1) is 0 Å². The number of nitro groups is 1. The minimum Gasteiger partial charge on any atom is -0.431 e. The lowest BCUT2D eigenvalue weighted by Crippen LogP contribution is -2.13. The molecular weight excluding hydrogens is 356 g/mol. The number of nitrogens with one attached hydrogen (secondary N) is 1. The molecule has 0 unspecified atom stereocenters. The highest BCUT2D eigenvalue weighted by Gasteiger charge is 2.23. The lowest BCUT2D eigenvalue weighted by Gasteiger charge is -2.08. The van der Waals surface area contributed by atoms with Gasteiger partial charge in [0.25, 0.3) is 0 Å². The van der Waals surface area contributed by atoms with E-state index in [1.165, 1.54) is 0 Å². The second kappa shape index (κ2) is 5.53. The number of halogens is 1. The maximum absolute atomic E-state index is 11.5. The first-order valence-corrected chi connectivity index (χ1v) is 6.80. The van der Waals surface area contributed by atoms with Crippen LogP contribution >= 0.6 is 15.9 Å². The fourth-order valence-corrected chi connectivity index (χ4v) is 2.36. The van der Waals surface area contributed by atoms with E-state index >= 15 is 0 Å². The second-order valence-electron chi connectivity index (χ2n) is 4.19. The zero-order valence-electron chi connectivity index (χ0n) is 10.8. The van der Waals surface area contributed by atoms with E-state index in [9.17, 15) is 14.9 Å². The smallest absolute Gasteiger partial charge is 0.395 e. The third kappa shape index (κ3) is 2.42. The van der Waals surface area contributed by atoms with Gasteiger partial charge in [0.1, 0.15) is 5.52 Å². The SMILES string of the molecule is O=c1[nH]cnc(Oc2ccc(Br)c3cccnc23)c1[N+](=O)[O-]. The molecule has 1 aromatic carbocycles. The van der Waals surface area contributed by atoms with Gasteiger partial charge in [0, 0.05) is 16.1 Å². The third-order valence-corrected chi connectivity index (χ3v) is 3.56. The predicted octanol–water partition coefficient (Wildman–Crippen LogP) is 2.78. The fourth-order valence-electron chi connectivity index (χ4n) is 1.91. The molecule has 110 valence electrons. The van der Waals surface area contributed by atoms with E-state index in [4.69, 9.17) is 4.74 Å². The number of hydrogen-bond donors (Lipinski definition) is 1. The van der Waals surface area contributed by atoms with Crippen LogP contribution in [0.4, 0.5) is 5.69 Å². The van der Waals surface area contributed by atoms with Crippen molar-refractivity contribution in [3.63, 3.8) is 0 Å². The van der Waals surface area contributed by atoms with E-state index in [1.807, 2.05) is 6.07 Å². The molecule has 3 rings (SSSR count). The molecule has 0 aliphatic rings. The Hall–Kier alpha value is -2.81. The molecule has 8 nitrogen and oxygen atoms in total. The van der Waals surface area contributed by atoms with Crippen LogP contribution in [-0.4, -0.2) is 19.9 Å². The molecule has 0 aliphatic heterocycles. The molecule has 2 aromatic heterocycles. The van der Waals surface area contributed by atoms with Crippen LogP contribution in [0.3, 0.4) is 0 Å². The fraction of sp³-hybridized carbons (Fsp3) is 0. The van der Waals surface area contributed by atoms with Crippen molar-refractivity contribution in [3.05, 3.63) is 61.7 Å². The van der Waals surface area contributed by atoms with Crippen LogP contribution in [0.25, 0.3) is 10.9 Å². The third-order valence-electron chi connectivity index (χ3n) is 2.86. The van der Waals surface area contributed by atoms with Gasteiger partial charge in [0.05, 0.1) is 11.3 Å². The number of fused-ring (bicyclic) bond motifs is 1. The number of nitrogens with zero attached hydrogens (tertiary/aromatic N) is 3. The summed E-state index contributed by atoms with van der Waals surface area (Å²) in [6, 6.07) is 6.88. The van der Waals surface area contributed by atoms with Gasteiger partial charge in [-0.25, -0.2) is 0 Å². The Labute approximate surface area is 131 Å². The molecule has 0 atom stereocenters. The van der Waals surface area contributed by atoms with Gasteiger partial charge >= 0.3 is 17.1 Å². The molecule has 0 fully saturated rings. The Morgan fingerprint density at radius 2 is 2.09 bits per heavy atom. The number of pyridine rings is 1. The summed E-state index contributed by atoms with van der Waals surface area (Å²) in [5.41, 5.74) is -1.15. The summed E-state index contributed by atoms with van der Waals surface area (Å²) >= 11 is 3.39. The summed E-state index contributed by atoms with van der Waals surface area (Å²) in [6.07, 6.45) is 2.61. The van der Waals surface area contributed by atoms with E-state index in [0.717, 1.165) is 16.2 Å². The molecule has 0 saturated heterocycles. The Bertz CT molecular complexity index is 941. The quantitative estimate of drug-likeness (QED) is 0.566. The summed E-state index contributed by atoms with van der Waals surface area (Å²) in [5, 5.41) is 11.8. The number of benzene rings is 1. The summed E-state index contributed by atoms with van der Waals surface area (Å²) in [6.45, 7) is 0. The van der Waals surface area contributed by atoms with Crippen LogP contribution < -0.4 is 10.3 Å². The van der Waals surface area contributed by atoms with Gasteiger partial charge in [-0.2, -0.15) is 4.98 Å². The standard InChI is InChI=1S/C13H7BrN4O4/c14-8-3-4-9(10-7(8)2-1-5-15-10)22-13-11(18(20)21)12(19)16-6-17-13/h1-6H,(H,16,17,19). The zero-order chi connectivity index (χ0) is 15.7. The van der Waals surface area contributed by atoms with Gasteiger partial charge < -0.3 is 9.72 Å². The average Bonchev–Trinajstić information content (AvgIpc) is 2.50. The van der Waals surface area contributed by atoms with Gasteiger partial charge in [0.15, 0.2) is 5.75 Å². The van der Waals surface area contributed by atoms with Crippen LogP contribution in [0.2, 0.25) is 0 Å². The van der Waals surface area contributed by atoms with E-state index in [0.29, 0.717) is 5.52 Å². The first-order chi connectivity index (χ1) is 10.6. The average molecular weight is 363 g/mol. The minimum absolute atomic E-state index is 0.264. The monoisotopic (exact) mass is 362 g/mol. The van der Waals surface area contributed by atoms with Crippen LogP contribution in [0.1, 0.15) is 0 Å². The highest BCUT2D eigenvalue weighted by atomic mass is 79.9. The largest absolute Gasteiger partial charge is 0.431 e. The molecule has 1 N–H and O–H groups in total. The predicted molar refractivity (Wildman–Crippen MR) is 81.0 cm³/mol. The van der Waals surface area contributed by atoms with Crippen molar-refractivity contribution in [1.29, 1.82) is 0 Å². The second-order valence-corrected chi connectivity index (χ2v) is 5.04. The molecule has 22 heavy (non-hydrogen) atoms. The topological polar surface area (TPSA) is 111 Å². The van der Waals surface area contributed by atoms with Crippen LogP contribution in [-0.2, 0) is 0 Å². The van der Waals surface area contributed by atoms with E-state index in [-0.39, 0.29) is 11.6 Å². The molecule has 9 heteroatoms. The van der Waals surface area contributed by atoms with E-state index < -0.39 is 16.2 Å². The van der Waals surface area contributed by atoms with Crippen molar-refractivity contribution in [2.45, 2.75) is 0 Å². The molecule has 3 aromatic rings. The highest BCUT2D eigenvalue weighted by molar-refractivity contribution is 9.10. The lowest BCUT2D eigenvalue weighted by atomic mass is 10.2. The number of rotatable bonds is 3. The summed E-state index contributed by atoms with van der Waals surface area (Å²) in [7, 11) is 0. The van der Waals surface area contributed by atoms with E-state index in [1.54, 1.807) is 24.4 Å². The van der Waals surface area contributed by atoms with Gasteiger partial charge in [-0.1, -0.05) is 22.0 Å². The summed E-state index contributed by atoms with van der Waals surface area (Å²) < 4.78 is 6.27. The number of ether oxygens (including phenoxy) is 1. The first kappa shape index (κ1) is 14.1. The molecule has 2 heterocycles. The van der Waals surface area contributed by atoms with Crippen LogP contribution in [0, 0.1) is 10.1 Å². The summed E-state index contributed by atoms with van der Waals surface area (Å²) in [5.74, 6) is -0.122. The van der Waals surface area contributed by atoms with Gasteiger partial charge in [-0.3, -0.25) is 19.9 Å². The number of aromatic amines is 1. The number of aromatic nitrogens is 3. The highest BCUT2D eigenvalue weighted by Crippen LogP contribution is 2.33. The molecule has 0 saturated carbocycles. The van der Waals surface area contributed by atoms with E-state index in [2.05, 4.69) is 30.9 Å². The Kier molecular flexibility index (Phi) is 3.55. The van der Waals surface area contributed by atoms with Crippen molar-refractivity contribution in [3.8, 4) is 11.6 Å². The number of H-pyrrole nitrogens is 1. The molecular formula is C13H7BrN4O4. The van der Waals surface area contributed by atoms with Gasteiger partial charge in [-0.05, 0) is 18.2 Å². The maximum Gasteiger partial charge on any atom is 0.395 e. The molecule has 0 bridgehead atoms. The van der Waals surface area contributed by atoms with Crippen LogP contribution in [0.15, 0.2) is 46.1 Å². The lowest BCUT2D eigenvalue weighted by molar-refractivity contribution is -0.387. The normalized spacial score (nSPS) is 10.6. The van der Waals surface area contributed by atoms with Crippen molar-refractivity contribution in [2.75, 3.05) is 0 Å². The van der Waals surface area contributed by atoms with Crippen molar-refractivity contribution in [1.82, 2.24) is 15.0 Å². The Morgan fingerprint density at radius 1 is 1.27 bits per heavy atom. The van der Waals surface area contributed by atoms with Crippen molar-refractivity contribution < 1.29 is 9.66 Å². The summed E-state index contributed by atoms with van der Waals surface area (Å²) in [4.78, 5) is 31.8. The number of hydrogen-bond acceptors (Lipinski definition) is 6. The molecule has 0 spiro atoms. The molecule has 0 radical (unpaired) electrons. The van der Waals surface area contributed by atoms with Crippen LogP contribution in [0.5, 0.6) is 11.6 Å². The maximum atomic E-state index is 11.5. The van der Waals surface area contributed by atoms with Crippen molar-refractivity contribution in [2.24, 2.45) is 0 Å².